The maximum Gasteiger partial charge on any atom is 0.228 e. The predicted molar refractivity (Wildman–Crippen MR) is 99.9 cm³/mol. The quantitative estimate of drug-likeness (QED) is 0.899. The standard InChI is InChI=1S/C20H26N2O2/c1-20(2,3)24-18-12-6-15(7-13-18)14-19(23)21-16-8-10-17(11-9-16)22(4)5/h6-13H,14H2,1-5H3,(H,21,23). The molecule has 1 N–H and O–H groups in total. The Kier molecular flexibility index (Phi) is 5.50. The van der Waals surface area contributed by atoms with Crippen molar-refractivity contribution in [3.8, 4) is 5.75 Å². The van der Waals surface area contributed by atoms with Crippen molar-refractivity contribution in [3.05, 3.63) is 54.1 Å². The summed E-state index contributed by atoms with van der Waals surface area (Å²) in [6, 6.07) is 15.4. The molecule has 24 heavy (non-hydrogen) atoms. The number of hydrogen-bond acceptors (Lipinski definition) is 3. The fourth-order valence-corrected chi connectivity index (χ4v) is 2.26. The Morgan fingerprint density at radius 1 is 1.00 bits per heavy atom. The zero-order valence-corrected chi connectivity index (χ0v) is 15.1. The molecule has 0 heterocycles. The van der Waals surface area contributed by atoms with Crippen LogP contribution in [0.1, 0.15) is 26.3 Å². The van der Waals surface area contributed by atoms with Gasteiger partial charge in [0.15, 0.2) is 0 Å². The number of nitrogens with one attached hydrogen (secondary N) is 1. The number of benzene rings is 2. The summed E-state index contributed by atoms with van der Waals surface area (Å²) in [5.41, 5.74) is 2.64. The first-order valence-corrected chi connectivity index (χ1v) is 8.08. The Morgan fingerprint density at radius 2 is 1.58 bits per heavy atom. The molecule has 0 aliphatic carbocycles. The van der Waals surface area contributed by atoms with Gasteiger partial charge in [0.05, 0.1) is 6.42 Å². The molecule has 2 aromatic rings. The number of carbonyl (C=O) groups excluding carboxylic acids is 1. The van der Waals surface area contributed by atoms with Crippen LogP contribution in [0.5, 0.6) is 5.75 Å². The van der Waals surface area contributed by atoms with Crippen molar-refractivity contribution < 1.29 is 9.53 Å². The first kappa shape index (κ1) is 17.9. The van der Waals surface area contributed by atoms with Crippen molar-refractivity contribution in [2.45, 2.75) is 32.8 Å². The third-order valence-electron chi connectivity index (χ3n) is 3.38. The van der Waals surface area contributed by atoms with Gasteiger partial charge >= 0.3 is 0 Å². The highest BCUT2D eigenvalue weighted by Gasteiger charge is 2.12. The fourth-order valence-electron chi connectivity index (χ4n) is 2.26. The van der Waals surface area contributed by atoms with Crippen molar-refractivity contribution in [1.82, 2.24) is 0 Å². The van der Waals surface area contributed by atoms with Gasteiger partial charge < -0.3 is 15.0 Å². The van der Waals surface area contributed by atoms with Crippen LogP contribution in [-0.4, -0.2) is 25.6 Å². The summed E-state index contributed by atoms with van der Waals surface area (Å²) in [5, 5.41) is 2.92. The molecular weight excluding hydrogens is 300 g/mol. The average molecular weight is 326 g/mol. The lowest BCUT2D eigenvalue weighted by molar-refractivity contribution is -0.115. The summed E-state index contributed by atoms with van der Waals surface area (Å²) in [4.78, 5) is 14.2. The van der Waals surface area contributed by atoms with Gasteiger partial charge in [0.25, 0.3) is 0 Å². The van der Waals surface area contributed by atoms with Gasteiger partial charge in [-0.3, -0.25) is 4.79 Å². The zero-order valence-electron chi connectivity index (χ0n) is 15.1. The molecule has 0 aliphatic rings. The van der Waals surface area contributed by atoms with Gasteiger partial charge in [-0.25, -0.2) is 0 Å². The first-order valence-electron chi connectivity index (χ1n) is 8.08. The second-order valence-corrected chi connectivity index (χ2v) is 7.02. The van der Waals surface area contributed by atoms with Crippen LogP contribution in [0.2, 0.25) is 0 Å². The molecule has 0 saturated carbocycles. The molecule has 0 fully saturated rings. The van der Waals surface area contributed by atoms with Gasteiger partial charge in [0.1, 0.15) is 11.4 Å². The molecule has 1 amide bonds. The van der Waals surface area contributed by atoms with Crippen LogP contribution in [0.15, 0.2) is 48.5 Å². The highest BCUT2D eigenvalue weighted by atomic mass is 16.5. The molecule has 0 radical (unpaired) electrons. The smallest absolute Gasteiger partial charge is 0.228 e. The normalized spacial score (nSPS) is 11.0. The Hall–Kier alpha value is -2.49. The Morgan fingerprint density at radius 3 is 2.08 bits per heavy atom. The fraction of sp³-hybridized carbons (Fsp3) is 0.350. The molecule has 0 aliphatic heterocycles. The van der Waals surface area contributed by atoms with E-state index in [1.54, 1.807) is 0 Å². The van der Waals surface area contributed by atoms with Gasteiger partial charge in [0.2, 0.25) is 5.91 Å². The molecule has 2 rings (SSSR count). The van der Waals surface area contributed by atoms with E-state index in [0.717, 1.165) is 22.7 Å². The van der Waals surface area contributed by atoms with E-state index in [4.69, 9.17) is 4.74 Å². The second-order valence-electron chi connectivity index (χ2n) is 7.02. The van der Waals surface area contributed by atoms with Crippen molar-refractivity contribution in [2.75, 3.05) is 24.3 Å². The van der Waals surface area contributed by atoms with Crippen LogP contribution in [0, 0.1) is 0 Å². The number of nitrogens with zero attached hydrogens (tertiary/aromatic N) is 1. The minimum absolute atomic E-state index is 0.0305. The van der Waals surface area contributed by atoms with Gasteiger partial charge in [-0.1, -0.05) is 12.1 Å². The van der Waals surface area contributed by atoms with E-state index >= 15 is 0 Å². The molecule has 4 nitrogen and oxygen atoms in total. The minimum atomic E-state index is -0.225. The van der Waals surface area contributed by atoms with E-state index in [0.29, 0.717) is 6.42 Å². The van der Waals surface area contributed by atoms with E-state index in [-0.39, 0.29) is 11.5 Å². The van der Waals surface area contributed by atoms with Crippen molar-refractivity contribution >= 4 is 17.3 Å². The SMILES string of the molecule is CN(C)c1ccc(NC(=O)Cc2ccc(OC(C)(C)C)cc2)cc1. The van der Waals surface area contributed by atoms with Crippen LogP contribution in [-0.2, 0) is 11.2 Å². The molecule has 2 aromatic carbocycles. The lowest BCUT2D eigenvalue weighted by Gasteiger charge is -2.21. The van der Waals surface area contributed by atoms with E-state index in [1.165, 1.54) is 0 Å². The Bertz CT molecular complexity index is 668. The van der Waals surface area contributed by atoms with Gasteiger partial charge in [-0.15, -0.1) is 0 Å². The van der Waals surface area contributed by atoms with Crippen molar-refractivity contribution in [2.24, 2.45) is 0 Å². The van der Waals surface area contributed by atoms with Crippen molar-refractivity contribution in [3.63, 3.8) is 0 Å². The molecule has 0 aromatic heterocycles. The number of carbonyl (C=O) groups is 1. The molecule has 0 saturated heterocycles. The summed E-state index contributed by atoms with van der Waals surface area (Å²) >= 11 is 0. The first-order chi connectivity index (χ1) is 11.2. The third kappa shape index (κ3) is 5.61. The Balaban J connectivity index is 1.92. The van der Waals surface area contributed by atoms with E-state index in [1.807, 2.05) is 88.3 Å². The van der Waals surface area contributed by atoms with Crippen LogP contribution in [0.3, 0.4) is 0 Å². The number of rotatable bonds is 5. The summed E-state index contributed by atoms with van der Waals surface area (Å²) in [7, 11) is 3.97. The van der Waals surface area contributed by atoms with Gasteiger partial charge in [0, 0.05) is 25.5 Å². The van der Waals surface area contributed by atoms with Crippen LogP contribution in [0.4, 0.5) is 11.4 Å². The molecule has 0 bridgehead atoms. The zero-order chi connectivity index (χ0) is 17.7. The molecule has 128 valence electrons. The lowest BCUT2D eigenvalue weighted by Crippen LogP contribution is -2.22. The van der Waals surface area contributed by atoms with E-state index in [2.05, 4.69) is 5.32 Å². The summed E-state index contributed by atoms with van der Waals surface area (Å²) in [6.45, 7) is 6.03. The highest BCUT2D eigenvalue weighted by molar-refractivity contribution is 5.92. The molecule has 4 heteroatoms. The summed E-state index contributed by atoms with van der Waals surface area (Å²) < 4.78 is 5.78. The molecule has 0 unspecified atom stereocenters. The van der Waals surface area contributed by atoms with Crippen LogP contribution in [0.25, 0.3) is 0 Å². The van der Waals surface area contributed by atoms with Gasteiger partial charge in [-0.2, -0.15) is 0 Å². The maximum absolute atomic E-state index is 12.2. The Labute approximate surface area is 144 Å². The van der Waals surface area contributed by atoms with Crippen molar-refractivity contribution in [1.29, 1.82) is 0 Å². The number of ether oxygens (including phenoxy) is 1. The maximum atomic E-state index is 12.2. The summed E-state index contributed by atoms with van der Waals surface area (Å²) in [6.07, 6.45) is 0.339. The number of anilines is 2. The molecule has 0 spiro atoms. The summed E-state index contributed by atoms with van der Waals surface area (Å²) in [5.74, 6) is 0.781. The second kappa shape index (κ2) is 7.39. The van der Waals surface area contributed by atoms with Crippen LogP contribution >= 0.6 is 0 Å². The topological polar surface area (TPSA) is 41.6 Å². The molecule has 0 atom stereocenters. The minimum Gasteiger partial charge on any atom is -0.488 e. The number of amides is 1. The highest BCUT2D eigenvalue weighted by Crippen LogP contribution is 2.19. The largest absolute Gasteiger partial charge is 0.488 e. The number of hydrogen-bond donors (Lipinski definition) is 1. The van der Waals surface area contributed by atoms with Gasteiger partial charge in [-0.05, 0) is 62.7 Å². The third-order valence-corrected chi connectivity index (χ3v) is 3.38. The van der Waals surface area contributed by atoms with E-state index < -0.39 is 0 Å². The lowest BCUT2D eigenvalue weighted by atomic mass is 10.1. The van der Waals surface area contributed by atoms with E-state index in [9.17, 15) is 4.79 Å². The average Bonchev–Trinajstić information content (AvgIpc) is 2.48. The monoisotopic (exact) mass is 326 g/mol. The molecular formula is C20H26N2O2. The predicted octanol–water partition coefficient (Wildman–Crippen LogP) is 4.11. The van der Waals surface area contributed by atoms with Crippen LogP contribution < -0.4 is 15.0 Å².